The molecule has 0 spiro atoms. The molecule has 4 aromatic heterocycles. The van der Waals surface area contributed by atoms with Gasteiger partial charge in [-0.2, -0.15) is 5.10 Å². The fourth-order valence-corrected chi connectivity index (χ4v) is 3.87. The summed E-state index contributed by atoms with van der Waals surface area (Å²) >= 11 is 0. The Bertz CT molecular complexity index is 1350. The topological polar surface area (TPSA) is 124 Å². The third-order valence-corrected chi connectivity index (χ3v) is 5.64. The minimum atomic E-state index is -0.537. The van der Waals surface area contributed by atoms with Crippen molar-refractivity contribution in [3.8, 4) is 23.2 Å². The molecule has 1 saturated heterocycles. The number of ether oxygens (including phenoxy) is 1. The summed E-state index contributed by atoms with van der Waals surface area (Å²) < 4.78 is 19.8. The second kappa shape index (κ2) is 11.4. The lowest BCUT2D eigenvalue weighted by Gasteiger charge is -2.41. The molecule has 188 valence electrons. The average Bonchev–Trinajstić information content (AvgIpc) is 3.39. The maximum atomic E-state index is 12.6. The zero-order valence-electron chi connectivity index (χ0n) is 20.1. The average molecular weight is 502 g/mol. The van der Waals surface area contributed by atoms with Gasteiger partial charge in [0, 0.05) is 57.7 Å². The summed E-state index contributed by atoms with van der Waals surface area (Å²) in [5.74, 6) is 7.83. The number of aryl methyl sites for hydroxylation is 1. The second-order valence-corrected chi connectivity index (χ2v) is 8.22. The number of piperazine rings is 1. The van der Waals surface area contributed by atoms with Gasteiger partial charge in [-0.1, -0.05) is 11.8 Å². The first-order valence-electron chi connectivity index (χ1n) is 11.6. The van der Waals surface area contributed by atoms with Crippen LogP contribution in [0, 0.1) is 11.8 Å². The highest BCUT2D eigenvalue weighted by molar-refractivity contribution is 5.52. The molecule has 13 heteroatoms. The van der Waals surface area contributed by atoms with Crippen LogP contribution in [0.4, 0.5) is 16.3 Å². The number of nitrogens with zero attached hydrogens (tertiary/aromatic N) is 11. The van der Waals surface area contributed by atoms with Crippen LogP contribution in [0.5, 0.6) is 0 Å². The summed E-state index contributed by atoms with van der Waals surface area (Å²) in [7, 11) is 1.84. The maximum Gasteiger partial charge on any atom is 0.228 e. The number of halogens is 1. The van der Waals surface area contributed by atoms with E-state index in [0.29, 0.717) is 55.1 Å². The van der Waals surface area contributed by atoms with Gasteiger partial charge in [-0.15, -0.1) is 0 Å². The lowest BCUT2D eigenvalue weighted by Crippen LogP contribution is -2.56. The van der Waals surface area contributed by atoms with Crippen LogP contribution in [0.25, 0.3) is 11.4 Å². The van der Waals surface area contributed by atoms with Crippen LogP contribution in [0.2, 0.25) is 0 Å². The van der Waals surface area contributed by atoms with Gasteiger partial charge >= 0.3 is 0 Å². The van der Waals surface area contributed by atoms with E-state index in [2.05, 4.69) is 56.7 Å². The van der Waals surface area contributed by atoms with Crippen LogP contribution in [0.3, 0.4) is 0 Å². The van der Waals surface area contributed by atoms with E-state index in [1.54, 1.807) is 35.7 Å². The van der Waals surface area contributed by atoms with E-state index < -0.39 is 6.67 Å². The number of alkyl halides is 1. The monoisotopic (exact) mass is 501 g/mol. The summed E-state index contributed by atoms with van der Waals surface area (Å²) in [6.07, 6.45) is 13.2. The van der Waals surface area contributed by atoms with Gasteiger partial charge in [0.1, 0.15) is 19.3 Å². The van der Waals surface area contributed by atoms with Crippen molar-refractivity contribution in [1.82, 2.24) is 44.7 Å². The molecule has 0 bridgehead atoms. The third kappa shape index (κ3) is 5.99. The van der Waals surface area contributed by atoms with Crippen molar-refractivity contribution in [2.45, 2.75) is 6.04 Å². The van der Waals surface area contributed by atoms with Crippen molar-refractivity contribution >= 4 is 11.9 Å². The highest BCUT2D eigenvalue weighted by Gasteiger charge is 2.30. The Balaban J connectivity index is 1.26. The standard InChI is InChI=1S/C24H24FN11O/c1-34-13-20(12-33-34)22-27-8-18(9-28-22)2-3-19-10-29-24(30-11-19)36-6-5-35(23-31-16-26-17-32-23)14-21(36)15-37-7-4-25/h8-13,16-17,21H,4-7,14-15H2,1H3/t21-/m0/s1. The molecule has 1 aliphatic heterocycles. The van der Waals surface area contributed by atoms with E-state index >= 15 is 0 Å². The Morgan fingerprint density at radius 2 is 1.62 bits per heavy atom. The predicted molar refractivity (Wildman–Crippen MR) is 132 cm³/mol. The number of hydrogen-bond acceptors (Lipinski definition) is 11. The minimum Gasteiger partial charge on any atom is -0.377 e. The van der Waals surface area contributed by atoms with E-state index in [1.165, 1.54) is 12.7 Å². The van der Waals surface area contributed by atoms with Crippen LogP contribution in [0.15, 0.2) is 49.8 Å². The molecule has 1 atom stereocenters. The van der Waals surface area contributed by atoms with Crippen molar-refractivity contribution in [3.63, 3.8) is 0 Å². The molecule has 1 fully saturated rings. The number of aromatic nitrogens is 9. The summed E-state index contributed by atoms with van der Waals surface area (Å²) in [5.41, 5.74) is 2.18. The molecular formula is C24H24FN11O. The van der Waals surface area contributed by atoms with Crippen LogP contribution in [0.1, 0.15) is 11.1 Å². The van der Waals surface area contributed by atoms with Crippen LogP contribution < -0.4 is 9.80 Å². The van der Waals surface area contributed by atoms with Crippen LogP contribution in [-0.2, 0) is 11.8 Å². The highest BCUT2D eigenvalue weighted by atomic mass is 19.1. The Morgan fingerprint density at radius 1 is 0.919 bits per heavy atom. The molecule has 12 nitrogen and oxygen atoms in total. The van der Waals surface area contributed by atoms with Crippen molar-refractivity contribution in [1.29, 1.82) is 0 Å². The molecule has 37 heavy (non-hydrogen) atoms. The summed E-state index contributed by atoms with van der Waals surface area (Å²) in [5, 5.41) is 4.13. The quantitative estimate of drug-likeness (QED) is 0.265. The Hall–Kier alpha value is -4.57. The lowest BCUT2D eigenvalue weighted by atomic mass is 10.2. The van der Waals surface area contributed by atoms with Gasteiger partial charge in [0.25, 0.3) is 0 Å². The predicted octanol–water partition coefficient (Wildman–Crippen LogP) is 0.933. The van der Waals surface area contributed by atoms with E-state index in [0.717, 1.165) is 5.56 Å². The van der Waals surface area contributed by atoms with Gasteiger partial charge in [-0.3, -0.25) is 4.68 Å². The van der Waals surface area contributed by atoms with Crippen LogP contribution in [-0.4, -0.2) is 90.2 Å². The van der Waals surface area contributed by atoms with Crippen molar-refractivity contribution in [2.24, 2.45) is 7.05 Å². The number of anilines is 2. The van der Waals surface area contributed by atoms with E-state index in [4.69, 9.17) is 4.74 Å². The van der Waals surface area contributed by atoms with E-state index in [1.807, 2.05) is 18.1 Å². The molecule has 0 radical (unpaired) electrons. The third-order valence-electron chi connectivity index (χ3n) is 5.64. The Labute approximate surface area is 212 Å². The molecule has 1 aliphatic rings. The molecule has 0 aliphatic carbocycles. The molecule has 0 N–H and O–H groups in total. The van der Waals surface area contributed by atoms with Crippen molar-refractivity contribution < 1.29 is 9.13 Å². The fraction of sp³-hybridized carbons (Fsp3) is 0.333. The van der Waals surface area contributed by atoms with Gasteiger partial charge < -0.3 is 14.5 Å². The van der Waals surface area contributed by atoms with Crippen LogP contribution >= 0.6 is 0 Å². The zero-order chi connectivity index (χ0) is 25.5. The molecule has 0 unspecified atom stereocenters. The molecule has 0 amide bonds. The molecule has 5 heterocycles. The lowest BCUT2D eigenvalue weighted by molar-refractivity contribution is 0.104. The molecule has 0 aromatic carbocycles. The minimum absolute atomic E-state index is 0.0401. The first-order valence-corrected chi connectivity index (χ1v) is 11.6. The van der Waals surface area contributed by atoms with Gasteiger partial charge in [0.05, 0.1) is 42.1 Å². The van der Waals surface area contributed by atoms with Gasteiger partial charge in [-0.05, 0) is 0 Å². The SMILES string of the molecule is Cn1cc(-c2ncc(C#Cc3cnc(N4CCN(c5ncncn5)C[C@H]4COCCF)nc3)cn2)cn1. The van der Waals surface area contributed by atoms with Gasteiger partial charge in [-0.25, -0.2) is 39.3 Å². The van der Waals surface area contributed by atoms with E-state index in [9.17, 15) is 4.39 Å². The van der Waals surface area contributed by atoms with Crippen molar-refractivity contribution in [3.05, 3.63) is 61.0 Å². The second-order valence-electron chi connectivity index (χ2n) is 8.22. The Morgan fingerprint density at radius 3 is 2.27 bits per heavy atom. The molecular weight excluding hydrogens is 477 g/mol. The van der Waals surface area contributed by atoms with Gasteiger partial charge in [0.15, 0.2) is 5.82 Å². The molecule has 5 rings (SSSR count). The fourth-order valence-electron chi connectivity index (χ4n) is 3.87. The van der Waals surface area contributed by atoms with Crippen molar-refractivity contribution in [2.75, 3.05) is 49.3 Å². The Kier molecular flexibility index (Phi) is 7.47. The number of rotatable bonds is 7. The largest absolute Gasteiger partial charge is 0.377 e. The summed E-state index contributed by atoms with van der Waals surface area (Å²) in [6, 6.07) is -0.107. The van der Waals surface area contributed by atoms with E-state index in [-0.39, 0.29) is 12.6 Å². The first-order chi connectivity index (χ1) is 18.2. The maximum absolute atomic E-state index is 12.6. The highest BCUT2D eigenvalue weighted by Crippen LogP contribution is 2.19. The normalized spacial score (nSPS) is 15.4. The van der Waals surface area contributed by atoms with Gasteiger partial charge in [0.2, 0.25) is 11.9 Å². The summed E-state index contributed by atoms with van der Waals surface area (Å²) in [6.45, 7) is 1.70. The molecule has 0 saturated carbocycles. The first kappa shape index (κ1) is 24.1. The number of hydrogen-bond donors (Lipinski definition) is 0. The zero-order valence-corrected chi connectivity index (χ0v) is 20.1. The molecule has 4 aromatic rings. The summed E-state index contributed by atoms with van der Waals surface area (Å²) in [4.78, 5) is 34.2. The smallest absolute Gasteiger partial charge is 0.228 e.